The van der Waals surface area contributed by atoms with Gasteiger partial charge >= 0.3 is 0 Å². The van der Waals surface area contributed by atoms with Crippen LogP contribution in [-0.4, -0.2) is 0 Å². The van der Waals surface area contributed by atoms with Crippen molar-refractivity contribution < 1.29 is 0 Å². The molecule has 0 amide bonds. The fourth-order valence-corrected chi connectivity index (χ4v) is 2.65. The summed E-state index contributed by atoms with van der Waals surface area (Å²) in [5.41, 5.74) is 2.76. The summed E-state index contributed by atoms with van der Waals surface area (Å²) in [6.45, 7) is 2.24. The summed E-state index contributed by atoms with van der Waals surface area (Å²) >= 11 is 0. The molecule has 0 aliphatic rings. The summed E-state index contributed by atoms with van der Waals surface area (Å²) < 4.78 is 0. The summed E-state index contributed by atoms with van der Waals surface area (Å²) in [4.78, 5) is 0. The van der Waals surface area contributed by atoms with Crippen LogP contribution in [0.4, 0.5) is 0 Å². The third kappa shape index (κ3) is 6.19. The number of benzene rings is 2. The SMILES string of the molecule is CCCCCC#CC(Cc1ccccc1)Cc1ccccc1. The van der Waals surface area contributed by atoms with Gasteiger partial charge in [-0.05, 0) is 30.4 Å². The first-order valence-electron chi connectivity index (χ1n) is 8.44. The molecule has 0 N–H and O–H groups in total. The van der Waals surface area contributed by atoms with E-state index in [2.05, 4.69) is 79.4 Å². The van der Waals surface area contributed by atoms with Gasteiger partial charge in [-0.15, -0.1) is 5.92 Å². The van der Waals surface area contributed by atoms with Crippen LogP contribution in [-0.2, 0) is 12.8 Å². The maximum Gasteiger partial charge on any atom is 0.0283 e. The lowest BCUT2D eigenvalue weighted by Crippen LogP contribution is -2.06. The third-order valence-corrected chi connectivity index (χ3v) is 3.86. The van der Waals surface area contributed by atoms with Crippen LogP contribution >= 0.6 is 0 Å². The summed E-state index contributed by atoms with van der Waals surface area (Å²) in [5, 5.41) is 0. The molecule has 0 nitrogen and oxygen atoms in total. The highest BCUT2D eigenvalue weighted by molar-refractivity contribution is 5.22. The lowest BCUT2D eigenvalue weighted by Gasteiger charge is -2.11. The van der Waals surface area contributed by atoms with Crippen molar-refractivity contribution in [2.24, 2.45) is 5.92 Å². The van der Waals surface area contributed by atoms with Crippen molar-refractivity contribution in [3.05, 3.63) is 71.8 Å². The van der Waals surface area contributed by atoms with E-state index in [1.54, 1.807) is 0 Å². The van der Waals surface area contributed by atoms with Crippen LogP contribution in [0.2, 0.25) is 0 Å². The predicted molar refractivity (Wildman–Crippen MR) is 95.7 cm³/mol. The second kappa shape index (κ2) is 9.85. The normalized spacial score (nSPS) is 10.3. The molecule has 0 heteroatoms. The molecule has 0 heterocycles. The van der Waals surface area contributed by atoms with Gasteiger partial charge in [-0.3, -0.25) is 0 Å². The Bertz CT molecular complexity index is 530. The summed E-state index contributed by atoms with van der Waals surface area (Å²) in [5.74, 6) is 7.35. The van der Waals surface area contributed by atoms with Crippen LogP contribution in [0.5, 0.6) is 0 Å². The summed E-state index contributed by atoms with van der Waals surface area (Å²) in [6, 6.07) is 21.4. The molecule has 114 valence electrons. The molecule has 0 aliphatic heterocycles. The van der Waals surface area contributed by atoms with E-state index in [0.29, 0.717) is 5.92 Å². The molecule has 0 saturated carbocycles. The van der Waals surface area contributed by atoms with Gasteiger partial charge in [0.1, 0.15) is 0 Å². The third-order valence-electron chi connectivity index (χ3n) is 3.86. The van der Waals surface area contributed by atoms with Gasteiger partial charge in [-0.25, -0.2) is 0 Å². The van der Waals surface area contributed by atoms with Crippen molar-refractivity contribution in [2.45, 2.75) is 45.4 Å². The maximum absolute atomic E-state index is 3.53. The first-order chi connectivity index (χ1) is 10.9. The van der Waals surface area contributed by atoms with E-state index in [0.717, 1.165) is 19.3 Å². The Labute approximate surface area is 135 Å². The first-order valence-corrected chi connectivity index (χ1v) is 8.44. The van der Waals surface area contributed by atoms with Crippen LogP contribution in [0, 0.1) is 17.8 Å². The van der Waals surface area contributed by atoms with Gasteiger partial charge < -0.3 is 0 Å². The molecule has 0 atom stereocenters. The molecule has 0 radical (unpaired) electrons. The van der Waals surface area contributed by atoms with Gasteiger partial charge in [-0.1, -0.05) is 86.3 Å². The van der Waals surface area contributed by atoms with E-state index in [-0.39, 0.29) is 0 Å². The summed E-state index contributed by atoms with van der Waals surface area (Å²) in [6.07, 6.45) is 6.89. The van der Waals surface area contributed by atoms with E-state index in [1.807, 2.05) is 0 Å². The average Bonchev–Trinajstić information content (AvgIpc) is 2.56. The molecule has 0 aromatic heterocycles. The number of rotatable bonds is 7. The van der Waals surface area contributed by atoms with E-state index in [1.165, 1.54) is 30.4 Å². The largest absolute Gasteiger partial charge is 0.103 e. The average molecular weight is 290 g/mol. The predicted octanol–water partition coefficient (Wildman–Crippen LogP) is 5.67. The fourth-order valence-electron chi connectivity index (χ4n) is 2.65. The van der Waals surface area contributed by atoms with Gasteiger partial charge in [0, 0.05) is 12.3 Å². The minimum absolute atomic E-state index is 0.409. The monoisotopic (exact) mass is 290 g/mol. The van der Waals surface area contributed by atoms with Crippen LogP contribution in [0.25, 0.3) is 0 Å². The van der Waals surface area contributed by atoms with E-state index in [9.17, 15) is 0 Å². The first kappa shape index (κ1) is 16.4. The van der Waals surface area contributed by atoms with Gasteiger partial charge in [0.05, 0.1) is 0 Å². The Morgan fingerprint density at radius 3 is 1.82 bits per heavy atom. The highest BCUT2D eigenvalue weighted by atomic mass is 14.1. The van der Waals surface area contributed by atoms with E-state index in [4.69, 9.17) is 0 Å². The van der Waals surface area contributed by atoms with Crippen LogP contribution < -0.4 is 0 Å². The Morgan fingerprint density at radius 1 is 0.773 bits per heavy atom. The zero-order valence-corrected chi connectivity index (χ0v) is 13.6. The molecule has 2 aromatic rings. The molecule has 2 rings (SSSR count). The van der Waals surface area contributed by atoms with Crippen molar-refractivity contribution in [1.29, 1.82) is 0 Å². The minimum atomic E-state index is 0.409. The zero-order valence-electron chi connectivity index (χ0n) is 13.6. The van der Waals surface area contributed by atoms with Crippen LogP contribution in [0.1, 0.15) is 43.7 Å². The second-order valence-electron chi connectivity index (χ2n) is 5.85. The molecular formula is C22H26. The molecule has 0 unspecified atom stereocenters. The van der Waals surface area contributed by atoms with Crippen molar-refractivity contribution in [1.82, 2.24) is 0 Å². The van der Waals surface area contributed by atoms with Crippen molar-refractivity contribution >= 4 is 0 Å². The standard InChI is InChI=1S/C22H26/c1-2-3-4-5-8-17-22(18-20-13-9-6-10-14-20)19-21-15-11-7-12-16-21/h6-7,9-16,22H,2-5,18-19H2,1H3. The number of hydrogen-bond donors (Lipinski definition) is 0. The van der Waals surface area contributed by atoms with Gasteiger partial charge in [0.15, 0.2) is 0 Å². The lowest BCUT2D eigenvalue weighted by molar-refractivity contribution is 0.664. The molecule has 2 aromatic carbocycles. The second-order valence-corrected chi connectivity index (χ2v) is 5.85. The Hall–Kier alpha value is -2.00. The molecule has 0 aliphatic carbocycles. The molecule has 0 saturated heterocycles. The Morgan fingerprint density at radius 2 is 1.32 bits per heavy atom. The van der Waals surface area contributed by atoms with Crippen molar-refractivity contribution in [3.8, 4) is 11.8 Å². The van der Waals surface area contributed by atoms with Gasteiger partial charge in [0.25, 0.3) is 0 Å². The Balaban J connectivity index is 2.00. The minimum Gasteiger partial charge on any atom is -0.103 e. The van der Waals surface area contributed by atoms with Crippen LogP contribution in [0.3, 0.4) is 0 Å². The van der Waals surface area contributed by atoms with E-state index < -0.39 is 0 Å². The van der Waals surface area contributed by atoms with Gasteiger partial charge in [0.2, 0.25) is 0 Å². The highest BCUT2D eigenvalue weighted by Gasteiger charge is 2.07. The Kier molecular flexibility index (Phi) is 7.33. The van der Waals surface area contributed by atoms with Crippen molar-refractivity contribution in [3.63, 3.8) is 0 Å². The molecule has 0 fully saturated rings. The number of hydrogen-bond acceptors (Lipinski definition) is 0. The van der Waals surface area contributed by atoms with Gasteiger partial charge in [-0.2, -0.15) is 0 Å². The molecule has 0 spiro atoms. The molecular weight excluding hydrogens is 264 g/mol. The lowest BCUT2D eigenvalue weighted by atomic mass is 9.93. The van der Waals surface area contributed by atoms with Crippen LogP contribution in [0.15, 0.2) is 60.7 Å². The van der Waals surface area contributed by atoms with Crippen molar-refractivity contribution in [2.75, 3.05) is 0 Å². The number of unbranched alkanes of at least 4 members (excludes halogenated alkanes) is 3. The maximum atomic E-state index is 3.53. The highest BCUT2D eigenvalue weighted by Crippen LogP contribution is 2.14. The molecule has 0 bridgehead atoms. The quantitative estimate of drug-likeness (QED) is 0.455. The summed E-state index contributed by atoms with van der Waals surface area (Å²) in [7, 11) is 0. The topological polar surface area (TPSA) is 0 Å². The zero-order chi connectivity index (χ0) is 15.5. The van der Waals surface area contributed by atoms with E-state index >= 15 is 0 Å². The smallest absolute Gasteiger partial charge is 0.0283 e. The molecule has 22 heavy (non-hydrogen) atoms. The fraction of sp³-hybridized carbons (Fsp3) is 0.364.